The van der Waals surface area contributed by atoms with Crippen LogP contribution in [0, 0.1) is 17.2 Å². The van der Waals surface area contributed by atoms with Crippen LogP contribution in [0.3, 0.4) is 0 Å². The number of aromatic nitrogens is 1. The molecule has 0 aromatic carbocycles. The second kappa shape index (κ2) is 5.23. The SMILES string of the molecule is N#CC1(N)CCC(C(=O)NCc2ccc[nH]2)CC1. The van der Waals surface area contributed by atoms with Crippen LogP contribution in [-0.4, -0.2) is 16.4 Å². The fourth-order valence-electron chi connectivity index (χ4n) is 2.31. The van der Waals surface area contributed by atoms with Crippen molar-refractivity contribution in [2.45, 2.75) is 37.8 Å². The van der Waals surface area contributed by atoms with Crippen molar-refractivity contribution in [2.75, 3.05) is 0 Å². The summed E-state index contributed by atoms with van der Waals surface area (Å²) in [5.41, 5.74) is 6.14. The molecule has 4 N–H and O–H groups in total. The lowest BCUT2D eigenvalue weighted by atomic mass is 9.77. The van der Waals surface area contributed by atoms with Gasteiger partial charge in [-0.15, -0.1) is 0 Å². The van der Waals surface area contributed by atoms with Crippen LogP contribution in [0.5, 0.6) is 0 Å². The number of amides is 1. The molecule has 1 amide bonds. The van der Waals surface area contributed by atoms with E-state index in [1.807, 2.05) is 18.3 Å². The molecule has 0 aliphatic heterocycles. The molecule has 0 saturated heterocycles. The summed E-state index contributed by atoms with van der Waals surface area (Å²) in [5.74, 6) is 0.0505. The number of hydrogen-bond donors (Lipinski definition) is 3. The van der Waals surface area contributed by atoms with Gasteiger partial charge in [0.1, 0.15) is 5.54 Å². The first-order valence-electron chi connectivity index (χ1n) is 6.23. The van der Waals surface area contributed by atoms with Gasteiger partial charge in [0.25, 0.3) is 0 Å². The molecule has 0 radical (unpaired) electrons. The minimum absolute atomic E-state index is 0.00927. The Bertz CT molecular complexity index is 438. The van der Waals surface area contributed by atoms with Crippen molar-refractivity contribution < 1.29 is 4.79 Å². The van der Waals surface area contributed by atoms with E-state index < -0.39 is 5.54 Å². The Morgan fingerprint density at radius 3 is 2.89 bits per heavy atom. The van der Waals surface area contributed by atoms with E-state index in [9.17, 15) is 4.79 Å². The van der Waals surface area contributed by atoms with Crippen LogP contribution in [0.25, 0.3) is 0 Å². The summed E-state index contributed by atoms with van der Waals surface area (Å²) in [4.78, 5) is 15.0. The second-order valence-corrected chi connectivity index (χ2v) is 4.96. The number of nitrogens with two attached hydrogens (primary N) is 1. The third-order valence-electron chi connectivity index (χ3n) is 3.59. The molecular weight excluding hydrogens is 228 g/mol. The Morgan fingerprint density at radius 1 is 1.61 bits per heavy atom. The van der Waals surface area contributed by atoms with E-state index >= 15 is 0 Å². The first-order chi connectivity index (χ1) is 8.63. The lowest BCUT2D eigenvalue weighted by Gasteiger charge is -2.30. The van der Waals surface area contributed by atoms with Gasteiger partial charge in [0.15, 0.2) is 0 Å². The van der Waals surface area contributed by atoms with Gasteiger partial charge in [-0.25, -0.2) is 0 Å². The van der Waals surface area contributed by atoms with E-state index in [0.29, 0.717) is 32.2 Å². The summed E-state index contributed by atoms with van der Waals surface area (Å²) < 4.78 is 0. The van der Waals surface area contributed by atoms with Crippen molar-refractivity contribution >= 4 is 5.91 Å². The molecule has 1 heterocycles. The summed E-state index contributed by atoms with van der Waals surface area (Å²) in [6.45, 7) is 0.522. The monoisotopic (exact) mass is 246 g/mol. The highest BCUT2D eigenvalue weighted by Gasteiger charge is 2.34. The molecule has 1 aliphatic rings. The topological polar surface area (TPSA) is 94.7 Å². The fraction of sp³-hybridized carbons (Fsp3) is 0.538. The van der Waals surface area contributed by atoms with Crippen molar-refractivity contribution in [2.24, 2.45) is 11.7 Å². The zero-order valence-corrected chi connectivity index (χ0v) is 10.3. The highest BCUT2D eigenvalue weighted by atomic mass is 16.1. The van der Waals surface area contributed by atoms with Gasteiger partial charge in [-0.1, -0.05) is 0 Å². The standard InChI is InChI=1S/C13H18N4O/c14-9-13(15)5-3-10(4-6-13)12(18)17-8-11-2-1-7-16-11/h1-2,7,10,16H,3-6,8,15H2,(H,17,18). The quantitative estimate of drug-likeness (QED) is 0.743. The molecular formula is C13H18N4O. The van der Waals surface area contributed by atoms with Gasteiger partial charge >= 0.3 is 0 Å². The predicted molar refractivity (Wildman–Crippen MR) is 67.1 cm³/mol. The molecule has 5 heteroatoms. The molecule has 18 heavy (non-hydrogen) atoms. The predicted octanol–water partition coefficient (Wildman–Crippen LogP) is 1.04. The number of nitrogens with zero attached hydrogens (tertiary/aromatic N) is 1. The van der Waals surface area contributed by atoms with E-state index in [0.717, 1.165) is 5.69 Å². The Labute approximate surface area is 106 Å². The maximum absolute atomic E-state index is 11.9. The van der Waals surface area contributed by atoms with Crippen molar-refractivity contribution in [1.82, 2.24) is 10.3 Å². The van der Waals surface area contributed by atoms with Gasteiger partial charge in [0.05, 0.1) is 12.6 Å². The lowest BCUT2D eigenvalue weighted by molar-refractivity contribution is -0.126. The number of nitriles is 1. The van der Waals surface area contributed by atoms with Gasteiger partial charge in [-0.2, -0.15) is 5.26 Å². The first kappa shape index (κ1) is 12.7. The molecule has 5 nitrogen and oxygen atoms in total. The molecule has 2 rings (SSSR count). The van der Waals surface area contributed by atoms with Crippen LogP contribution in [0.1, 0.15) is 31.4 Å². The Kier molecular flexibility index (Phi) is 3.68. The number of nitrogens with one attached hydrogen (secondary N) is 2. The molecule has 0 bridgehead atoms. The summed E-state index contributed by atoms with van der Waals surface area (Å²) >= 11 is 0. The number of aromatic amines is 1. The largest absolute Gasteiger partial charge is 0.364 e. The van der Waals surface area contributed by atoms with Gasteiger partial charge in [0, 0.05) is 17.8 Å². The van der Waals surface area contributed by atoms with Gasteiger partial charge in [0.2, 0.25) is 5.91 Å². The molecule has 1 saturated carbocycles. The third kappa shape index (κ3) is 2.90. The Morgan fingerprint density at radius 2 is 2.33 bits per heavy atom. The zero-order chi connectivity index (χ0) is 13.0. The summed E-state index contributed by atoms with van der Waals surface area (Å²) in [5, 5.41) is 11.8. The average Bonchev–Trinajstić information content (AvgIpc) is 2.90. The first-order valence-corrected chi connectivity index (χ1v) is 6.23. The summed E-state index contributed by atoms with van der Waals surface area (Å²) in [7, 11) is 0. The third-order valence-corrected chi connectivity index (χ3v) is 3.59. The molecule has 96 valence electrons. The zero-order valence-electron chi connectivity index (χ0n) is 10.3. The maximum atomic E-state index is 11.9. The normalized spacial score (nSPS) is 27.4. The van der Waals surface area contributed by atoms with E-state index in [4.69, 9.17) is 11.0 Å². The van der Waals surface area contributed by atoms with Crippen molar-refractivity contribution in [1.29, 1.82) is 5.26 Å². The lowest BCUT2D eigenvalue weighted by Crippen LogP contribution is -2.44. The van der Waals surface area contributed by atoms with E-state index in [1.165, 1.54) is 0 Å². The van der Waals surface area contributed by atoms with Gasteiger partial charge < -0.3 is 16.0 Å². The number of hydrogen-bond acceptors (Lipinski definition) is 3. The van der Waals surface area contributed by atoms with Crippen LogP contribution >= 0.6 is 0 Å². The molecule has 0 atom stereocenters. The Balaban J connectivity index is 1.79. The summed E-state index contributed by atoms with van der Waals surface area (Å²) in [6.07, 6.45) is 4.42. The second-order valence-electron chi connectivity index (χ2n) is 4.96. The Hall–Kier alpha value is -1.80. The molecule has 1 aromatic rings. The van der Waals surface area contributed by atoms with Crippen LogP contribution in [0.4, 0.5) is 0 Å². The summed E-state index contributed by atoms with van der Waals surface area (Å²) in [6, 6.07) is 5.97. The fourth-order valence-corrected chi connectivity index (χ4v) is 2.31. The van der Waals surface area contributed by atoms with Crippen molar-refractivity contribution in [3.05, 3.63) is 24.0 Å². The van der Waals surface area contributed by atoms with Crippen LogP contribution in [-0.2, 0) is 11.3 Å². The highest BCUT2D eigenvalue weighted by molar-refractivity contribution is 5.78. The maximum Gasteiger partial charge on any atom is 0.223 e. The van der Waals surface area contributed by atoms with Crippen molar-refractivity contribution in [3.8, 4) is 6.07 Å². The van der Waals surface area contributed by atoms with Crippen LogP contribution in [0.15, 0.2) is 18.3 Å². The minimum Gasteiger partial charge on any atom is -0.364 e. The molecule has 1 fully saturated rings. The smallest absolute Gasteiger partial charge is 0.223 e. The number of rotatable bonds is 3. The minimum atomic E-state index is -0.726. The number of carbonyl (C=O) groups excluding carboxylic acids is 1. The number of H-pyrrole nitrogens is 1. The van der Waals surface area contributed by atoms with Crippen LogP contribution < -0.4 is 11.1 Å². The average molecular weight is 246 g/mol. The van der Waals surface area contributed by atoms with E-state index in [2.05, 4.69) is 16.4 Å². The van der Waals surface area contributed by atoms with E-state index in [1.54, 1.807) is 0 Å². The molecule has 0 spiro atoms. The van der Waals surface area contributed by atoms with Crippen LogP contribution in [0.2, 0.25) is 0 Å². The number of carbonyl (C=O) groups is 1. The highest BCUT2D eigenvalue weighted by Crippen LogP contribution is 2.30. The molecule has 1 aliphatic carbocycles. The molecule has 1 aromatic heterocycles. The molecule has 0 unspecified atom stereocenters. The van der Waals surface area contributed by atoms with Gasteiger partial charge in [-0.3, -0.25) is 4.79 Å². The van der Waals surface area contributed by atoms with Crippen molar-refractivity contribution in [3.63, 3.8) is 0 Å². The van der Waals surface area contributed by atoms with Gasteiger partial charge in [-0.05, 0) is 37.8 Å². The van der Waals surface area contributed by atoms with E-state index in [-0.39, 0.29) is 11.8 Å².